The number of aromatic nitrogens is 1. The van der Waals surface area contributed by atoms with Gasteiger partial charge in [0.15, 0.2) is 0 Å². The van der Waals surface area contributed by atoms with Gasteiger partial charge >= 0.3 is 0 Å². The van der Waals surface area contributed by atoms with Crippen LogP contribution in [0.1, 0.15) is 43.4 Å². The Kier molecular flexibility index (Phi) is 4.72. The minimum atomic E-state index is 0.959. The predicted octanol–water partition coefficient (Wildman–Crippen LogP) is 3.83. The summed E-state index contributed by atoms with van der Waals surface area (Å²) in [4.78, 5) is 2.27. The molecule has 1 aromatic heterocycles. The molecule has 0 saturated heterocycles. The van der Waals surface area contributed by atoms with Crippen LogP contribution in [0.3, 0.4) is 0 Å². The van der Waals surface area contributed by atoms with Crippen LogP contribution >= 0.6 is 0 Å². The first-order valence-electron chi connectivity index (χ1n) is 8.71. The molecule has 1 heterocycles. The summed E-state index contributed by atoms with van der Waals surface area (Å²) >= 11 is 0. The van der Waals surface area contributed by atoms with Gasteiger partial charge in [-0.25, -0.2) is 0 Å². The lowest BCUT2D eigenvalue weighted by Gasteiger charge is -2.16. The summed E-state index contributed by atoms with van der Waals surface area (Å²) < 4.78 is 2.57. The molecule has 22 heavy (non-hydrogen) atoms. The van der Waals surface area contributed by atoms with Crippen molar-refractivity contribution in [3.8, 4) is 0 Å². The third kappa shape index (κ3) is 3.00. The molecule has 0 saturated carbocycles. The normalized spacial score (nSPS) is 15.8. The summed E-state index contributed by atoms with van der Waals surface area (Å²) in [7, 11) is 4.30. The van der Waals surface area contributed by atoms with Crippen LogP contribution in [0.25, 0.3) is 10.9 Å². The van der Waals surface area contributed by atoms with Gasteiger partial charge in [0.2, 0.25) is 0 Å². The third-order valence-electron chi connectivity index (χ3n) is 4.92. The highest BCUT2D eigenvalue weighted by molar-refractivity contribution is 5.95. The Hall–Kier alpha value is -1.48. The Balaban J connectivity index is 2.04. The minimum absolute atomic E-state index is 0.959. The van der Waals surface area contributed by atoms with Crippen molar-refractivity contribution in [2.24, 2.45) is 0 Å². The van der Waals surface area contributed by atoms with Crippen LogP contribution in [0.15, 0.2) is 18.2 Å². The zero-order valence-corrected chi connectivity index (χ0v) is 14.1. The van der Waals surface area contributed by atoms with E-state index in [1.54, 1.807) is 5.69 Å². The Morgan fingerprint density at radius 2 is 1.86 bits per heavy atom. The second-order valence-corrected chi connectivity index (χ2v) is 6.89. The summed E-state index contributed by atoms with van der Waals surface area (Å²) in [5, 5.41) is 1.34. The van der Waals surface area contributed by atoms with E-state index in [9.17, 15) is 0 Å². The van der Waals surface area contributed by atoms with Gasteiger partial charge in [-0.15, -0.1) is 0 Å². The predicted molar refractivity (Wildman–Crippen MR) is 95.4 cm³/mol. The molecule has 0 fully saturated rings. The number of fused-ring (bicyclic) bond motifs is 3. The summed E-state index contributed by atoms with van der Waals surface area (Å²) in [5.74, 6) is 0. The van der Waals surface area contributed by atoms with Crippen LogP contribution in [-0.4, -0.2) is 30.1 Å². The molecule has 0 bridgehead atoms. The first-order valence-corrected chi connectivity index (χ1v) is 8.71. The summed E-state index contributed by atoms with van der Waals surface area (Å²) in [6, 6.07) is 6.42. The zero-order chi connectivity index (χ0) is 15.5. The van der Waals surface area contributed by atoms with Crippen molar-refractivity contribution in [1.82, 2.24) is 9.47 Å². The Bertz CT molecular complexity index is 640. The highest BCUT2D eigenvalue weighted by atomic mass is 15.1. The number of aryl methyl sites for hydroxylation is 2. The topological polar surface area (TPSA) is 34.2 Å². The van der Waals surface area contributed by atoms with E-state index in [1.807, 2.05) is 0 Å². The molecular formula is C19H29N3. The SMILES string of the molecule is CN(C)CCCn1c2c(c3c(N)cccc31)CCCCCC2. The number of hydrogen-bond donors (Lipinski definition) is 1. The molecule has 2 aromatic rings. The summed E-state index contributed by atoms with van der Waals surface area (Å²) in [6.07, 6.45) is 8.95. The Morgan fingerprint density at radius 3 is 2.64 bits per heavy atom. The molecular weight excluding hydrogens is 270 g/mol. The molecule has 0 atom stereocenters. The van der Waals surface area contributed by atoms with Gasteiger partial charge in [-0.05, 0) is 70.4 Å². The first kappa shape index (κ1) is 15.4. The maximum Gasteiger partial charge on any atom is 0.0506 e. The number of rotatable bonds is 4. The monoisotopic (exact) mass is 299 g/mol. The lowest BCUT2D eigenvalue weighted by atomic mass is 9.96. The maximum absolute atomic E-state index is 6.34. The van der Waals surface area contributed by atoms with Gasteiger partial charge in [-0.2, -0.15) is 0 Å². The molecule has 120 valence electrons. The molecule has 0 radical (unpaired) electrons. The van der Waals surface area contributed by atoms with E-state index in [-0.39, 0.29) is 0 Å². The first-order chi connectivity index (χ1) is 10.7. The molecule has 3 rings (SSSR count). The van der Waals surface area contributed by atoms with Crippen molar-refractivity contribution in [3.05, 3.63) is 29.5 Å². The van der Waals surface area contributed by atoms with Crippen LogP contribution in [-0.2, 0) is 19.4 Å². The van der Waals surface area contributed by atoms with Gasteiger partial charge in [-0.1, -0.05) is 18.9 Å². The van der Waals surface area contributed by atoms with Crippen LogP contribution < -0.4 is 5.73 Å². The number of hydrogen-bond acceptors (Lipinski definition) is 2. The van der Waals surface area contributed by atoms with E-state index in [4.69, 9.17) is 5.73 Å². The number of nitrogens with two attached hydrogens (primary N) is 1. The third-order valence-corrected chi connectivity index (χ3v) is 4.92. The molecule has 1 aliphatic rings. The Morgan fingerprint density at radius 1 is 1.09 bits per heavy atom. The maximum atomic E-state index is 6.34. The number of nitrogens with zero attached hydrogens (tertiary/aromatic N) is 2. The van der Waals surface area contributed by atoms with Crippen LogP contribution in [0.5, 0.6) is 0 Å². The molecule has 0 amide bonds. The van der Waals surface area contributed by atoms with Gasteiger partial charge < -0.3 is 15.2 Å². The van der Waals surface area contributed by atoms with E-state index in [0.29, 0.717) is 0 Å². The molecule has 0 spiro atoms. The minimum Gasteiger partial charge on any atom is -0.398 e. The second kappa shape index (κ2) is 6.74. The van der Waals surface area contributed by atoms with Crippen molar-refractivity contribution in [1.29, 1.82) is 0 Å². The quantitative estimate of drug-likeness (QED) is 0.871. The number of benzene rings is 1. The zero-order valence-electron chi connectivity index (χ0n) is 14.1. The van der Waals surface area contributed by atoms with Gasteiger partial charge in [-0.3, -0.25) is 0 Å². The number of nitrogen functional groups attached to an aromatic ring is 1. The average molecular weight is 299 g/mol. The van der Waals surface area contributed by atoms with Crippen LogP contribution in [0.4, 0.5) is 5.69 Å². The highest BCUT2D eigenvalue weighted by Crippen LogP contribution is 2.34. The van der Waals surface area contributed by atoms with Gasteiger partial charge in [0.05, 0.1) is 5.52 Å². The molecule has 1 aromatic carbocycles. The second-order valence-electron chi connectivity index (χ2n) is 6.89. The fourth-order valence-electron chi connectivity index (χ4n) is 3.87. The number of anilines is 1. The van der Waals surface area contributed by atoms with E-state index >= 15 is 0 Å². The van der Waals surface area contributed by atoms with Gasteiger partial charge in [0.25, 0.3) is 0 Å². The van der Waals surface area contributed by atoms with Gasteiger partial charge in [0, 0.05) is 23.3 Å². The van der Waals surface area contributed by atoms with Crippen molar-refractivity contribution in [2.45, 2.75) is 51.5 Å². The van der Waals surface area contributed by atoms with E-state index in [0.717, 1.165) is 18.8 Å². The van der Waals surface area contributed by atoms with E-state index in [2.05, 4.69) is 41.8 Å². The van der Waals surface area contributed by atoms with E-state index < -0.39 is 0 Å². The smallest absolute Gasteiger partial charge is 0.0506 e. The van der Waals surface area contributed by atoms with Gasteiger partial charge in [0.1, 0.15) is 0 Å². The molecule has 0 unspecified atom stereocenters. The molecule has 2 N–H and O–H groups in total. The molecule has 0 aliphatic heterocycles. The van der Waals surface area contributed by atoms with Crippen LogP contribution in [0.2, 0.25) is 0 Å². The van der Waals surface area contributed by atoms with Crippen molar-refractivity contribution >= 4 is 16.6 Å². The van der Waals surface area contributed by atoms with Crippen molar-refractivity contribution in [2.75, 3.05) is 26.4 Å². The van der Waals surface area contributed by atoms with Crippen molar-refractivity contribution < 1.29 is 0 Å². The lowest BCUT2D eigenvalue weighted by molar-refractivity contribution is 0.386. The average Bonchev–Trinajstić information content (AvgIpc) is 2.73. The fraction of sp³-hybridized carbons (Fsp3) is 0.579. The molecule has 3 heteroatoms. The molecule has 3 nitrogen and oxygen atoms in total. The summed E-state index contributed by atoms with van der Waals surface area (Å²) in [5.41, 5.74) is 11.8. The largest absolute Gasteiger partial charge is 0.398 e. The Labute approximate surface area is 134 Å². The summed E-state index contributed by atoms with van der Waals surface area (Å²) in [6.45, 7) is 2.24. The fourth-order valence-corrected chi connectivity index (χ4v) is 3.87. The van der Waals surface area contributed by atoms with E-state index in [1.165, 1.54) is 61.4 Å². The molecule has 1 aliphatic carbocycles. The lowest BCUT2D eigenvalue weighted by Crippen LogP contribution is -2.16. The highest BCUT2D eigenvalue weighted by Gasteiger charge is 2.19. The van der Waals surface area contributed by atoms with Crippen molar-refractivity contribution in [3.63, 3.8) is 0 Å². The standard InChI is InChI=1S/C19H29N3/c1-21(2)13-8-14-22-17-11-6-4-3-5-9-15(17)19-16(20)10-7-12-18(19)22/h7,10,12H,3-6,8-9,11,13-14,20H2,1-2H3. The van der Waals surface area contributed by atoms with Crippen LogP contribution in [0, 0.1) is 0 Å².